The van der Waals surface area contributed by atoms with E-state index in [9.17, 15) is 0 Å². The van der Waals surface area contributed by atoms with Crippen molar-refractivity contribution < 1.29 is 36.9 Å². The first-order valence-corrected chi connectivity index (χ1v) is 22.2. The number of hydrogen-bond acceptors (Lipinski definition) is 3. The molecule has 9 rings (SSSR count). The predicted molar refractivity (Wildman–Crippen MR) is 243 cm³/mol. The number of aromatic nitrogens is 2. The second kappa shape index (κ2) is 16.9. The number of para-hydroxylation sites is 1. The van der Waals surface area contributed by atoms with Gasteiger partial charge in [-0.05, 0) is 82.1 Å². The average molecular weight is 956 g/mol. The largest absolute Gasteiger partial charge is 0.501 e. The minimum atomic E-state index is -2.28. The van der Waals surface area contributed by atoms with Crippen LogP contribution in [0.1, 0.15) is 34.6 Å². The molecular formula is C53H46IrN2OSi-2. The number of rotatable bonds is 6. The topological polar surface area (TPSA) is 38.9 Å². The van der Waals surface area contributed by atoms with Crippen molar-refractivity contribution in [3.05, 3.63) is 193 Å². The van der Waals surface area contributed by atoms with Gasteiger partial charge in [0.05, 0.1) is 13.7 Å². The van der Waals surface area contributed by atoms with Crippen LogP contribution in [0.3, 0.4) is 0 Å². The molecule has 6 aromatic carbocycles. The third-order valence-electron chi connectivity index (χ3n) is 10.1. The monoisotopic (exact) mass is 956 g/mol. The second-order valence-electron chi connectivity index (χ2n) is 15.1. The molecule has 0 N–H and O–H groups in total. The van der Waals surface area contributed by atoms with Crippen LogP contribution in [0.25, 0.3) is 77.8 Å². The van der Waals surface area contributed by atoms with E-state index in [1.807, 2.05) is 109 Å². The fraction of sp³-hybridized carbons (Fsp3) is 0.113. The molecule has 0 saturated heterocycles. The van der Waals surface area contributed by atoms with Crippen LogP contribution in [0.5, 0.6) is 0 Å². The zero-order valence-electron chi connectivity index (χ0n) is 41.4. The first kappa shape index (κ1) is 30.3. The molecule has 1 radical (unpaired) electrons. The molecule has 0 aliphatic rings. The van der Waals surface area contributed by atoms with Crippen LogP contribution < -0.4 is 5.19 Å². The van der Waals surface area contributed by atoms with Crippen molar-refractivity contribution in [1.29, 1.82) is 0 Å². The third kappa shape index (κ3) is 8.39. The summed E-state index contributed by atoms with van der Waals surface area (Å²) in [5.41, 5.74) is 10.8. The van der Waals surface area contributed by atoms with Crippen LogP contribution in [-0.2, 0) is 20.1 Å². The molecule has 3 aromatic heterocycles. The number of benzene rings is 6. The van der Waals surface area contributed by atoms with Crippen LogP contribution in [0, 0.1) is 33.5 Å². The van der Waals surface area contributed by atoms with E-state index in [4.69, 9.17) is 16.8 Å². The van der Waals surface area contributed by atoms with Gasteiger partial charge in [0.25, 0.3) is 0 Å². The normalized spacial score (nSPS) is 14.2. The van der Waals surface area contributed by atoms with Gasteiger partial charge in [-0.25, -0.2) is 0 Å². The van der Waals surface area contributed by atoms with E-state index in [2.05, 4.69) is 54.7 Å². The van der Waals surface area contributed by atoms with Gasteiger partial charge < -0.3 is 9.40 Å². The zero-order valence-corrected chi connectivity index (χ0v) is 35.7. The predicted octanol–water partition coefficient (Wildman–Crippen LogP) is 13.8. The first-order valence-electron chi connectivity index (χ1n) is 23.2. The summed E-state index contributed by atoms with van der Waals surface area (Å²) in [6.07, 6.45) is 3.12. The maximum atomic E-state index is 8.17. The summed E-state index contributed by atoms with van der Waals surface area (Å²) in [5, 5.41) is 3.26. The van der Waals surface area contributed by atoms with Crippen molar-refractivity contribution in [3.63, 3.8) is 0 Å². The third-order valence-corrected chi connectivity index (χ3v) is 12.2. The van der Waals surface area contributed by atoms with Crippen molar-refractivity contribution in [2.75, 3.05) is 0 Å². The minimum Gasteiger partial charge on any atom is -0.501 e. The van der Waals surface area contributed by atoms with E-state index in [-0.39, 0.29) is 31.2 Å². The number of aryl methyl sites for hydroxylation is 3. The van der Waals surface area contributed by atoms with Gasteiger partial charge in [0.15, 0.2) is 0 Å². The molecule has 0 fully saturated rings. The molecule has 0 unspecified atom stereocenters. The van der Waals surface area contributed by atoms with Crippen molar-refractivity contribution in [1.82, 2.24) is 9.97 Å². The standard InChI is InChI=1S/C33H28NOSi.C20H18N.Ir/c1-22-20-26(36(2,3)4)16-17-27(22)24-14-12-23(13-15-24)25-18-19-34-31(21-25)30-10-7-9-29-28-8-5-6-11-32(28)35-33(29)30;1-14-9-10-20(21-13-14)19-12-18(15(2)11-16(19)3)17-7-5-4-6-8-17;/h5-9,11-21H,1-4H3;4-13H,3H2,1-2H3;/q2*-1;/i1D3;1D3,2D3;. The molecule has 0 saturated carbocycles. The molecule has 5 heteroatoms. The Morgan fingerprint density at radius 3 is 2.09 bits per heavy atom. The second-order valence-corrected chi connectivity index (χ2v) is 20.1. The van der Waals surface area contributed by atoms with Crippen molar-refractivity contribution in [2.24, 2.45) is 0 Å². The Hall–Kier alpha value is -5.84. The quantitative estimate of drug-likeness (QED) is 0.123. The van der Waals surface area contributed by atoms with Gasteiger partial charge in [-0.1, -0.05) is 151 Å². The summed E-state index contributed by atoms with van der Waals surface area (Å²) in [6.45, 7) is 3.98. The Labute approximate surface area is 369 Å². The number of hydrogen-bond donors (Lipinski definition) is 0. The first-order chi connectivity index (χ1) is 31.2. The summed E-state index contributed by atoms with van der Waals surface area (Å²) < 4.78 is 76.6. The van der Waals surface area contributed by atoms with Gasteiger partial charge >= 0.3 is 0 Å². The Kier molecular flexibility index (Phi) is 8.84. The van der Waals surface area contributed by atoms with Crippen LogP contribution in [0.2, 0.25) is 19.6 Å². The molecule has 3 nitrogen and oxygen atoms in total. The van der Waals surface area contributed by atoms with E-state index in [1.165, 1.54) is 12.3 Å². The van der Waals surface area contributed by atoms with E-state index in [0.29, 0.717) is 27.9 Å². The van der Waals surface area contributed by atoms with Crippen LogP contribution >= 0.6 is 0 Å². The van der Waals surface area contributed by atoms with E-state index in [1.54, 1.807) is 24.4 Å². The van der Waals surface area contributed by atoms with Gasteiger partial charge in [0.2, 0.25) is 0 Å². The Morgan fingerprint density at radius 2 is 1.34 bits per heavy atom. The van der Waals surface area contributed by atoms with Crippen LogP contribution in [0.4, 0.5) is 0 Å². The van der Waals surface area contributed by atoms with Gasteiger partial charge in [-0.15, -0.1) is 29.8 Å². The number of nitrogens with zero attached hydrogens (tertiary/aromatic N) is 2. The van der Waals surface area contributed by atoms with Crippen LogP contribution in [-0.4, -0.2) is 18.0 Å². The smallest absolute Gasteiger partial charge is 0.120 e. The Morgan fingerprint density at radius 1 is 0.603 bits per heavy atom. The molecule has 0 bridgehead atoms. The molecule has 289 valence electrons. The fourth-order valence-corrected chi connectivity index (χ4v) is 8.19. The summed E-state index contributed by atoms with van der Waals surface area (Å²) in [7, 11) is -1.65. The molecule has 0 spiro atoms. The average Bonchev–Trinajstić information content (AvgIpc) is 3.67. The molecule has 0 aliphatic carbocycles. The number of pyridine rings is 2. The SMILES string of the molecule is [2H]C([2H])([2H])c1cc([Si](C)(C)C)ccc1-c1ccc(-c2ccnc(-c3[c-]ccc4c3oc3ccccc34)c2)cc1.[2H]C([2H])([2H])c1ccc(-c2cc(-c3ccccc3)c(C([2H])([2H])[2H])cc2[CH2-])nc1.[Ir]. The summed E-state index contributed by atoms with van der Waals surface area (Å²) in [5.74, 6) is 0. The molecule has 58 heavy (non-hydrogen) atoms. The summed E-state index contributed by atoms with van der Waals surface area (Å²) in [4.78, 5) is 8.90. The molecule has 0 atom stereocenters. The Balaban J connectivity index is 0.000000210. The van der Waals surface area contributed by atoms with Gasteiger partial charge in [-0.3, -0.25) is 4.98 Å². The van der Waals surface area contributed by atoms with Gasteiger partial charge in [-0.2, -0.15) is 18.6 Å². The minimum absolute atomic E-state index is 0. The van der Waals surface area contributed by atoms with Crippen LogP contribution in [0.15, 0.2) is 162 Å². The molecular weight excluding hydrogens is 901 g/mol. The van der Waals surface area contributed by atoms with Crippen molar-refractivity contribution in [2.45, 2.75) is 40.2 Å². The van der Waals surface area contributed by atoms with E-state index in [0.717, 1.165) is 66.2 Å². The summed E-state index contributed by atoms with van der Waals surface area (Å²) >= 11 is 0. The number of furan rings is 1. The molecule has 3 heterocycles. The van der Waals surface area contributed by atoms with E-state index < -0.39 is 28.6 Å². The summed E-state index contributed by atoms with van der Waals surface area (Å²) in [6, 6.07) is 49.1. The Bertz CT molecular complexity index is 3190. The van der Waals surface area contributed by atoms with Crippen molar-refractivity contribution >= 4 is 35.2 Å². The molecule has 0 aliphatic heterocycles. The maximum absolute atomic E-state index is 8.17. The number of fused-ring (bicyclic) bond motifs is 3. The molecule has 0 amide bonds. The van der Waals surface area contributed by atoms with E-state index >= 15 is 0 Å². The fourth-order valence-electron chi connectivity index (χ4n) is 7.02. The maximum Gasteiger partial charge on any atom is 0.120 e. The van der Waals surface area contributed by atoms with Crippen molar-refractivity contribution in [3.8, 4) is 55.9 Å². The molecule has 9 aromatic rings. The van der Waals surface area contributed by atoms with Gasteiger partial charge in [0.1, 0.15) is 5.58 Å². The zero-order chi connectivity index (χ0) is 47.2. The van der Waals surface area contributed by atoms with Gasteiger partial charge in [0, 0.05) is 55.9 Å².